The van der Waals surface area contributed by atoms with Crippen molar-refractivity contribution in [3.8, 4) is 0 Å². The highest BCUT2D eigenvalue weighted by molar-refractivity contribution is 5.97. The molecular formula is C14H16N2O4. The van der Waals surface area contributed by atoms with Gasteiger partial charge in [-0.25, -0.2) is 0 Å². The van der Waals surface area contributed by atoms with E-state index in [4.69, 9.17) is 10.8 Å². The van der Waals surface area contributed by atoms with Crippen molar-refractivity contribution in [2.24, 2.45) is 11.7 Å². The Balaban J connectivity index is 1.95. The van der Waals surface area contributed by atoms with Gasteiger partial charge in [0.05, 0.1) is 5.92 Å². The number of carboxylic acids is 1. The second kappa shape index (κ2) is 5.73. The molecule has 20 heavy (non-hydrogen) atoms. The number of hydrogen-bond donors (Lipinski definition) is 3. The van der Waals surface area contributed by atoms with Crippen LogP contribution in [0.5, 0.6) is 0 Å². The number of aliphatic carboxylic acids is 1. The summed E-state index contributed by atoms with van der Waals surface area (Å²) in [5, 5.41) is 11.7. The molecule has 1 fully saturated rings. The van der Waals surface area contributed by atoms with Crippen LogP contribution in [0.1, 0.15) is 40.0 Å². The molecule has 0 spiro atoms. The Hall–Kier alpha value is -2.37. The standard InChI is InChI=1S/C14H16N2O4/c15-12(17)8-1-3-9(4-2-8)13(18)16-11-6-5-10(7-11)14(19)20/h1-4,10-11H,5-7H2,(H2,15,17)(H,16,18)(H,19,20)/t10-,11+/m1/s1. The Bertz CT molecular complexity index is 539. The molecule has 0 saturated heterocycles. The molecule has 106 valence electrons. The van der Waals surface area contributed by atoms with Crippen LogP contribution in [0.2, 0.25) is 0 Å². The van der Waals surface area contributed by atoms with Gasteiger partial charge in [0.2, 0.25) is 5.91 Å². The topological polar surface area (TPSA) is 109 Å². The molecular weight excluding hydrogens is 260 g/mol. The molecule has 1 saturated carbocycles. The van der Waals surface area contributed by atoms with Crippen LogP contribution in [0.25, 0.3) is 0 Å². The Kier molecular flexibility index (Phi) is 4.02. The smallest absolute Gasteiger partial charge is 0.306 e. The molecule has 2 atom stereocenters. The molecule has 0 heterocycles. The molecule has 1 aliphatic carbocycles. The highest BCUT2D eigenvalue weighted by Gasteiger charge is 2.30. The molecule has 1 aliphatic rings. The van der Waals surface area contributed by atoms with Crippen molar-refractivity contribution in [1.82, 2.24) is 5.32 Å². The van der Waals surface area contributed by atoms with E-state index in [-0.39, 0.29) is 17.9 Å². The van der Waals surface area contributed by atoms with E-state index >= 15 is 0 Å². The van der Waals surface area contributed by atoms with E-state index in [1.54, 1.807) is 0 Å². The number of hydrogen-bond acceptors (Lipinski definition) is 3. The van der Waals surface area contributed by atoms with Gasteiger partial charge in [0.15, 0.2) is 0 Å². The van der Waals surface area contributed by atoms with E-state index in [1.165, 1.54) is 24.3 Å². The first kappa shape index (κ1) is 14.0. The lowest BCUT2D eigenvalue weighted by molar-refractivity contribution is -0.141. The van der Waals surface area contributed by atoms with Gasteiger partial charge in [-0.15, -0.1) is 0 Å². The molecule has 0 aliphatic heterocycles. The molecule has 1 aromatic carbocycles. The third kappa shape index (κ3) is 3.14. The summed E-state index contributed by atoms with van der Waals surface area (Å²) in [4.78, 5) is 33.8. The second-order valence-electron chi connectivity index (χ2n) is 4.96. The lowest BCUT2D eigenvalue weighted by Crippen LogP contribution is -2.33. The van der Waals surface area contributed by atoms with Crippen molar-refractivity contribution in [3.63, 3.8) is 0 Å². The van der Waals surface area contributed by atoms with E-state index in [0.29, 0.717) is 30.4 Å². The predicted octanol–water partition coefficient (Wildman–Crippen LogP) is 0.769. The quantitative estimate of drug-likeness (QED) is 0.754. The van der Waals surface area contributed by atoms with Crippen molar-refractivity contribution in [1.29, 1.82) is 0 Å². The van der Waals surface area contributed by atoms with Gasteiger partial charge in [-0.2, -0.15) is 0 Å². The third-order valence-corrected chi connectivity index (χ3v) is 3.55. The minimum atomic E-state index is -0.812. The second-order valence-corrected chi connectivity index (χ2v) is 4.96. The van der Waals surface area contributed by atoms with Gasteiger partial charge >= 0.3 is 5.97 Å². The minimum Gasteiger partial charge on any atom is -0.481 e. The van der Waals surface area contributed by atoms with Crippen LogP contribution in [0, 0.1) is 5.92 Å². The van der Waals surface area contributed by atoms with Crippen LogP contribution in [0.4, 0.5) is 0 Å². The minimum absolute atomic E-state index is 0.112. The van der Waals surface area contributed by atoms with E-state index in [0.717, 1.165) is 0 Å². The van der Waals surface area contributed by atoms with Gasteiger partial charge in [-0.3, -0.25) is 14.4 Å². The zero-order valence-electron chi connectivity index (χ0n) is 10.8. The maximum Gasteiger partial charge on any atom is 0.306 e. The molecule has 0 radical (unpaired) electrons. The van der Waals surface area contributed by atoms with Gasteiger partial charge in [-0.05, 0) is 43.5 Å². The molecule has 1 aromatic rings. The highest BCUT2D eigenvalue weighted by atomic mass is 16.4. The van der Waals surface area contributed by atoms with Crippen LogP contribution in [0.15, 0.2) is 24.3 Å². The summed E-state index contributed by atoms with van der Waals surface area (Å²) in [6.45, 7) is 0. The number of primary amides is 1. The van der Waals surface area contributed by atoms with E-state index in [9.17, 15) is 14.4 Å². The van der Waals surface area contributed by atoms with Gasteiger partial charge in [0.1, 0.15) is 0 Å². The molecule has 0 aromatic heterocycles. The van der Waals surface area contributed by atoms with Crippen LogP contribution in [0.3, 0.4) is 0 Å². The van der Waals surface area contributed by atoms with E-state index in [1.807, 2.05) is 0 Å². The number of benzene rings is 1. The van der Waals surface area contributed by atoms with Gasteiger partial charge in [-0.1, -0.05) is 0 Å². The average molecular weight is 276 g/mol. The lowest BCUT2D eigenvalue weighted by Gasteiger charge is -2.12. The fraction of sp³-hybridized carbons (Fsp3) is 0.357. The molecule has 0 bridgehead atoms. The van der Waals surface area contributed by atoms with Gasteiger partial charge in [0.25, 0.3) is 5.91 Å². The van der Waals surface area contributed by atoms with Crippen LogP contribution >= 0.6 is 0 Å². The third-order valence-electron chi connectivity index (χ3n) is 3.55. The summed E-state index contributed by atoms with van der Waals surface area (Å²) in [6.07, 6.45) is 1.71. The predicted molar refractivity (Wildman–Crippen MR) is 71.2 cm³/mol. The SMILES string of the molecule is NC(=O)c1ccc(C(=O)N[C@H]2CC[C@@H](C(=O)O)C2)cc1. The Morgan fingerprint density at radius 2 is 1.70 bits per heavy atom. The zero-order chi connectivity index (χ0) is 14.7. The summed E-state index contributed by atoms with van der Waals surface area (Å²) < 4.78 is 0. The van der Waals surface area contributed by atoms with E-state index < -0.39 is 11.9 Å². The van der Waals surface area contributed by atoms with Crippen molar-refractivity contribution in [3.05, 3.63) is 35.4 Å². The summed E-state index contributed by atoms with van der Waals surface area (Å²) in [7, 11) is 0. The average Bonchev–Trinajstić information content (AvgIpc) is 2.87. The molecule has 2 rings (SSSR count). The van der Waals surface area contributed by atoms with Gasteiger partial charge in [0, 0.05) is 17.2 Å². The molecule has 6 heteroatoms. The largest absolute Gasteiger partial charge is 0.481 e. The van der Waals surface area contributed by atoms with Crippen molar-refractivity contribution >= 4 is 17.8 Å². The number of carbonyl (C=O) groups excluding carboxylic acids is 2. The summed E-state index contributed by atoms with van der Waals surface area (Å²) in [6, 6.07) is 5.93. The lowest BCUT2D eigenvalue weighted by atomic mass is 10.1. The Morgan fingerprint density at radius 3 is 2.20 bits per heavy atom. The highest BCUT2D eigenvalue weighted by Crippen LogP contribution is 2.25. The summed E-state index contributed by atoms with van der Waals surface area (Å²) >= 11 is 0. The monoisotopic (exact) mass is 276 g/mol. The molecule has 2 amide bonds. The molecule has 0 unspecified atom stereocenters. The Morgan fingerprint density at radius 1 is 1.10 bits per heavy atom. The maximum atomic E-state index is 12.0. The van der Waals surface area contributed by atoms with Crippen LogP contribution in [-0.4, -0.2) is 28.9 Å². The first-order chi connectivity index (χ1) is 9.47. The zero-order valence-corrected chi connectivity index (χ0v) is 10.8. The fourth-order valence-electron chi connectivity index (χ4n) is 2.39. The van der Waals surface area contributed by atoms with Crippen LogP contribution in [-0.2, 0) is 4.79 Å². The molecule has 4 N–H and O–H groups in total. The first-order valence-corrected chi connectivity index (χ1v) is 6.41. The van der Waals surface area contributed by atoms with E-state index in [2.05, 4.69) is 5.32 Å². The number of carboxylic acid groups (broad SMARTS) is 1. The first-order valence-electron chi connectivity index (χ1n) is 6.41. The fourth-order valence-corrected chi connectivity index (χ4v) is 2.39. The number of nitrogens with one attached hydrogen (secondary N) is 1. The van der Waals surface area contributed by atoms with Crippen LogP contribution < -0.4 is 11.1 Å². The van der Waals surface area contributed by atoms with Gasteiger partial charge < -0.3 is 16.2 Å². The number of amides is 2. The normalized spacial score (nSPS) is 21.4. The number of carbonyl (C=O) groups is 3. The van der Waals surface area contributed by atoms with Crippen molar-refractivity contribution in [2.75, 3.05) is 0 Å². The number of nitrogens with two attached hydrogens (primary N) is 1. The van der Waals surface area contributed by atoms with Crippen molar-refractivity contribution in [2.45, 2.75) is 25.3 Å². The Labute approximate surface area is 116 Å². The summed E-state index contributed by atoms with van der Waals surface area (Å²) in [5.74, 6) is -2.00. The maximum absolute atomic E-state index is 12.0. The molecule has 6 nitrogen and oxygen atoms in total. The van der Waals surface area contributed by atoms with Crippen molar-refractivity contribution < 1.29 is 19.5 Å². The number of rotatable bonds is 4. The summed E-state index contributed by atoms with van der Waals surface area (Å²) in [5.41, 5.74) is 5.89.